The van der Waals surface area contributed by atoms with E-state index in [-0.39, 0.29) is 17.2 Å². The Hall–Kier alpha value is -3.09. The number of pyridine rings is 1. The predicted molar refractivity (Wildman–Crippen MR) is 87.9 cm³/mol. The first-order valence-corrected chi connectivity index (χ1v) is 7.37. The summed E-state index contributed by atoms with van der Waals surface area (Å²) in [7, 11) is 0. The van der Waals surface area contributed by atoms with E-state index in [0.29, 0.717) is 17.8 Å². The summed E-state index contributed by atoms with van der Waals surface area (Å²) >= 11 is 0. The number of hydrogen-bond acceptors (Lipinski definition) is 3. The second kappa shape index (κ2) is 6.57. The third-order valence-corrected chi connectivity index (χ3v) is 3.53. The zero-order valence-electron chi connectivity index (χ0n) is 12.9. The minimum absolute atomic E-state index is 0.0176. The van der Waals surface area contributed by atoms with Crippen molar-refractivity contribution in [3.05, 3.63) is 66.5 Å². The van der Waals surface area contributed by atoms with Gasteiger partial charge in [-0.2, -0.15) is 4.39 Å². The highest BCUT2D eigenvalue weighted by atomic mass is 19.1. The molecule has 1 aromatic carbocycles. The van der Waals surface area contributed by atoms with Gasteiger partial charge in [0, 0.05) is 30.6 Å². The lowest BCUT2D eigenvalue weighted by atomic mass is 10.1. The summed E-state index contributed by atoms with van der Waals surface area (Å²) in [6, 6.07) is 7.31. The zero-order valence-corrected chi connectivity index (χ0v) is 12.9. The number of hydrogen-bond donors (Lipinski definition) is 1. The fourth-order valence-corrected chi connectivity index (χ4v) is 2.35. The molecule has 3 aromatic rings. The van der Waals surface area contributed by atoms with Crippen molar-refractivity contribution in [3.8, 4) is 11.1 Å². The Morgan fingerprint density at radius 3 is 2.79 bits per heavy atom. The van der Waals surface area contributed by atoms with Gasteiger partial charge in [0.1, 0.15) is 17.3 Å². The van der Waals surface area contributed by atoms with Crippen LogP contribution in [0.15, 0.2) is 53.9 Å². The van der Waals surface area contributed by atoms with Crippen molar-refractivity contribution in [2.75, 3.05) is 0 Å². The van der Waals surface area contributed by atoms with Crippen LogP contribution in [0.2, 0.25) is 0 Å². The van der Waals surface area contributed by atoms with E-state index in [4.69, 9.17) is 5.73 Å². The Bertz CT molecular complexity index is 902. The number of rotatable bonds is 3. The minimum Gasteiger partial charge on any atom is -0.369 e. The Labute approximate surface area is 137 Å². The maximum absolute atomic E-state index is 14.1. The zero-order chi connectivity index (χ0) is 17.1. The first-order valence-electron chi connectivity index (χ1n) is 7.37. The van der Waals surface area contributed by atoms with Crippen LogP contribution in [-0.4, -0.2) is 20.5 Å². The molecule has 122 valence electrons. The van der Waals surface area contributed by atoms with Gasteiger partial charge in [-0.15, -0.1) is 0 Å². The Kier molecular flexibility index (Phi) is 4.33. The van der Waals surface area contributed by atoms with Crippen LogP contribution in [0, 0.1) is 11.8 Å². The minimum atomic E-state index is -0.630. The van der Waals surface area contributed by atoms with Gasteiger partial charge in [0.25, 0.3) is 0 Å². The van der Waals surface area contributed by atoms with E-state index in [1.165, 1.54) is 24.4 Å². The monoisotopic (exact) mass is 327 g/mol. The van der Waals surface area contributed by atoms with E-state index < -0.39 is 11.8 Å². The SMILES string of the molecule is CCc1nccn1C(N)=Nc1cc(-c2cccnc2F)ccc1F. The van der Waals surface area contributed by atoms with Gasteiger partial charge in [-0.1, -0.05) is 13.0 Å². The van der Waals surface area contributed by atoms with Crippen LogP contribution in [0.5, 0.6) is 0 Å². The first kappa shape index (κ1) is 15.8. The van der Waals surface area contributed by atoms with Gasteiger partial charge in [0.2, 0.25) is 11.9 Å². The maximum Gasteiger partial charge on any atom is 0.220 e. The topological polar surface area (TPSA) is 69.1 Å². The molecule has 2 aromatic heterocycles. The third kappa shape index (κ3) is 3.01. The quantitative estimate of drug-likeness (QED) is 0.456. The average Bonchev–Trinajstić information content (AvgIpc) is 3.06. The summed E-state index contributed by atoms with van der Waals surface area (Å²) in [6.45, 7) is 1.93. The normalized spacial score (nSPS) is 11.7. The number of nitrogens with two attached hydrogens (primary N) is 1. The summed E-state index contributed by atoms with van der Waals surface area (Å²) in [5, 5.41) is 0. The molecule has 0 aliphatic carbocycles. The first-order chi connectivity index (χ1) is 11.6. The molecule has 0 atom stereocenters. The molecule has 2 N–H and O–H groups in total. The molecule has 0 saturated carbocycles. The molecule has 0 bridgehead atoms. The molecule has 24 heavy (non-hydrogen) atoms. The smallest absolute Gasteiger partial charge is 0.220 e. The van der Waals surface area contributed by atoms with Gasteiger partial charge >= 0.3 is 0 Å². The molecule has 0 unspecified atom stereocenters. The molecule has 0 amide bonds. The van der Waals surface area contributed by atoms with Gasteiger partial charge in [-0.05, 0) is 29.8 Å². The van der Waals surface area contributed by atoms with Crippen LogP contribution in [0.1, 0.15) is 12.7 Å². The van der Waals surface area contributed by atoms with Crippen LogP contribution in [0.25, 0.3) is 11.1 Å². The van der Waals surface area contributed by atoms with Crippen LogP contribution in [-0.2, 0) is 6.42 Å². The third-order valence-electron chi connectivity index (χ3n) is 3.53. The highest BCUT2D eigenvalue weighted by Crippen LogP contribution is 2.28. The molecule has 0 saturated heterocycles. The maximum atomic E-state index is 14.1. The van der Waals surface area contributed by atoms with Crippen LogP contribution < -0.4 is 5.73 Å². The highest BCUT2D eigenvalue weighted by molar-refractivity contribution is 5.84. The standard InChI is InChI=1S/C17H15F2N5/c1-2-15-21-8-9-24(15)17(20)23-14-10-11(5-6-13(14)18)12-4-3-7-22-16(12)19/h3-10H,2H2,1H3,(H2,20,23). The van der Waals surface area contributed by atoms with Crippen molar-refractivity contribution < 1.29 is 8.78 Å². The fraction of sp³-hybridized carbons (Fsp3) is 0.118. The molecular formula is C17H15F2N5. The molecule has 0 aliphatic heterocycles. The van der Waals surface area contributed by atoms with E-state index >= 15 is 0 Å². The van der Waals surface area contributed by atoms with Gasteiger partial charge in [-0.25, -0.2) is 19.4 Å². The number of benzene rings is 1. The van der Waals surface area contributed by atoms with Crippen LogP contribution in [0.3, 0.4) is 0 Å². The second-order valence-electron chi connectivity index (χ2n) is 5.04. The van der Waals surface area contributed by atoms with Crippen LogP contribution in [0.4, 0.5) is 14.5 Å². The lowest BCUT2D eigenvalue weighted by Gasteiger charge is -2.08. The van der Waals surface area contributed by atoms with Crippen molar-refractivity contribution in [1.29, 1.82) is 0 Å². The number of halogens is 2. The van der Waals surface area contributed by atoms with E-state index in [0.717, 1.165) is 0 Å². The highest BCUT2D eigenvalue weighted by Gasteiger charge is 2.10. The number of imidazole rings is 1. The van der Waals surface area contributed by atoms with Crippen molar-refractivity contribution in [3.63, 3.8) is 0 Å². The fourth-order valence-electron chi connectivity index (χ4n) is 2.35. The van der Waals surface area contributed by atoms with E-state index in [9.17, 15) is 8.78 Å². The molecule has 0 spiro atoms. The largest absolute Gasteiger partial charge is 0.369 e. The number of aliphatic imine (C=N–C) groups is 1. The van der Waals surface area contributed by atoms with Gasteiger partial charge in [-0.3, -0.25) is 4.57 Å². The molecule has 0 fully saturated rings. The molecule has 3 rings (SSSR count). The predicted octanol–water partition coefficient (Wildman–Crippen LogP) is 3.28. The van der Waals surface area contributed by atoms with Crippen molar-refractivity contribution in [1.82, 2.24) is 14.5 Å². The summed E-state index contributed by atoms with van der Waals surface area (Å²) in [5.74, 6) is -0.378. The van der Waals surface area contributed by atoms with Crippen LogP contribution >= 0.6 is 0 Å². The molecular weight excluding hydrogens is 312 g/mol. The van der Waals surface area contributed by atoms with Gasteiger partial charge in [0.05, 0.1) is 0 Å². The Morgan fingerprint density at radius 1 is 1.21 bits per heavy atom. The summed E-state index contributed by atoms with van der Waals surface area (Å²) < 4.78 is 29.5. The number of aryl methyl sites for hydroxylation is 1. The Balaban J connectivity index is 2.04. The summed E-state index contributed by atoms with van der Waals surface area (Å²) in [5.41, 5.74) is 6.71. The van der Waals surface area contributed by atoms with Crippen molar-refractivity contribution in [2.45, 2.75) is 13.3 Å². The summed E-state index contributed by atoms with van der Waals surface area (Å²) in [6.07, 6.45) is 5.26. The Morgan fingerprint density at radius 2 is 2.04 bits per heavy atom. The van der Waals surface area contributed by atoms with Gasteiger partial charge < -0.3 is 5.73 Å². The lowest BCUT2D eigenvalue weighted by Crippen LogP contribution is -2.23. The second-order valence-corrected chi connectivity index (χ2v) is 5.04. The molecule has 7 heteroatoms. The average molecular weight is 327 g/mol. The van der Waals surface area contributed by atoms with E-state index in [2.05, 4.69) is 15.0 Å². The van der Waals surface area contributed by atoms with Gasteiger partial charge in [0.15, 0.2) is 0 Å². The lowest BCUT2D eigenvalue weighted by molar-refractivity contribution is 0.587. The molecule has 5 nitrogen and oxygen atoms in total. The van der Waals surface area contributed by atoms with Crippen molar-refractivity contribution in [2.24, 2.45) is 10.7 Å². The van der Waals surface area contributed by atoms with E-state index in [1.54, 1.807) is 29.1 Å². The summed E-state index contributed by atoms with van der Waals surface area (Å²) in [4.78, 5) is 11.9. The number of aromatic nitrogens is 3. The molecule has 0 aliphatic rings. The number of nitrogens with zero attached hydrogens (tertiary/aromatic N) is 4. The molecule has 0 radical (unpaired) electrons. The van der Waals surface area contributed by atoms with E-state index in [1.807, 2.05) is 6.92 Å². The van der Waals surface area contributed by atoms with Crippen molar-refractivity contribution >= 4 is 11.6 Å². The molecule has 2 heterocycles.